The molecule has 5 atom stereocenters. The van der Waals surface area contributed by atoms with Gasteiger partial charge in [-0.15, -0.1) is 26.6 Å². The maximum atomic E-state index is 11.3. The second-order valence-corrected chi connectivity index (χ2v) is 9.48. The molecule has 14 heteroatoms. The molecule has 0 aliphatic carbocycles. The normalized spacial score (nSPS) is 25.1. The first kappa shape index (κ1) is 23.3. The zero-order valence-corrected chi connectivity index (χ0v) is 19.9. The lowest BCUT2D eigenvalue weighted by molar-refractivity contribution is -0.210. The zero-order valence-electron chi connectivity index (χ0n) is 17.6. The van der Waals surface area contributed by atoms with E-state index in [2.05, 4.69) is 25.5 Å². The molecule has 1 aromatic carbocycles. The van der Waals surface area contributed by atoms with Gasteiger partial charge >= 0.3 is 0 Å². The molecule has 3 aromatic heterocycles. The molecule has 0 saturated carbocycles. The number of rotatable bonds is 5. The van der Waals surface area contributed by atoms with E-state index in [4.69, 9.17) is 27.9 Å². The molecule has 1 aliphatic heterocycles. The van der Waals surface area contributed by atoms with Crippen molar-refractivity contribution in [3.05, 3.63) is 57.7 Å². The van der Waals surface area contributed by atoms with Gasteiger partial charge in [0, 0.05) is 16.1 Å². The fraction of sp³-hybridized carbons (Fsp3) is 0.350. The van der Waals surface area contributed by atoms with Crippen LogP contribution in [0.25, 0.3) is 16.4 Å². The van der Waals surface area contributed by atoms with Gasteiger partial charge in [-0.25, -0.2) is 9.67 Å². The molecule has 11 nitrogen and oxygen atoms in total. The smallest absolute Gasteiger partial charge is 0.169 e. The lowest BCUT2D eigenvalue weighted by Crippen LogP contribution is -2.53. The van der Waals surface area contributed by atoms with E-state index in [0.29, 0.717) is 26.4 Å². The summed E-state index contributed by atoms with van der Waals surface area (Å²) in [5, 5.41) is 51.8. The summed E-state index contributed by atoms with van der Waals surface area (Å²) in [5.41, 5.74) is 1.82. The number of aliphatic hydroxyl groups is 3. The Morgan fingerprint density at radius 2 is 2.00 bits per heavy atom. The van der Waals surface area contributed by atoms with Gasteiger partial charge in [0.25, 0.3) is 0 Å². The predicted molar refractivity (Wildman–Crippen MR) is 123 cm³/mol. The predicted octanol–water partition coefficient (Wildman–Crippen LogP) is 1.99. The number of thiazole rings is 1. The van der Waals surface area contributed by atoms with Crippen LogP contribution >= 0.6 is 34.5 Å². The van der Waals surface area contributed by atoms with Crippen molar-refractivity contribution in [3.63, 3.8) is 0 Å². The quantitative estimate of drug-likeness (QED) is 0.357. The molecule has 1 saturated heterocycles. The molecule has 5 rings (SSSR count). The van der Waals surface area contributed by atoms with E-state index in [0.717, 1.165) is 5.69 Å². The van der Waals surface area contributed by atoms with Gasteiger partial charge in [-0.2, -0.15) is 0 Å². The molecule has 1 aliphatic rings. The van der Waals surface area contributed by atoms with Crippen molar-refractivity contribution >= 4 is 34.5 Å². The van der Waals surface area contributed by atoms with E-state index in [1.807, 2.05) is 12.3 Å². The van der Waals surface area contributed by atoms with Crippen LogP contribution in [0.1, 0.15) is 23.7 Å². The van der Waals surface area contributed by atoms with Crippen LogP contribution in [0, 0.1) is 6.92 Å². The van der Waals surface area contributed by atoms with Gasteiger partial charge < -0.3 is 20.1 Å². The van der Waals surface area contributed by atoms with Crippen LogP contribution in [-0.4, -0.2) is 75.0 Å². The van der Waals surface area contributed by atoms with Crippen LogP contribution in [0.5, 0.6) is 0 Å². The van der Waals surface area contributed by atoms with Gasteiger partial charge in [-0.05, 0) is 25.1 Å². The first-order valence-electron chi connectivity index (χ1n) is 10.2. The average molecular weight is 524 g/mol. The largest absolute Gasteiger partial charge is 0.394 e. The number of ether oxygens (including phenoxy) is 1. The lowest BCUT2D eigenvalue weighted by Gasteiger charge is -2.41. The van der Waals surface area contributed by atoms with Gasteiger partial charge in [-0.1, -0.05) is 28.4 Å². The van der Waals surface area contributed by atoms with Gasteiger partial charge in [0.05, 0.1) is 23.5 Å². The van der Waals surface area contributed by atoms with Crippen molar-refractivity contribution < 1.29 is 20.1 Å². The van der Waals surface area contributed by atoms with Crippen molar-refractivity contribution in [2.45, 2.75) is 37.4 Å². The molecular weight excluding hydrogens is 505 g/mol. The first-order valence-corrected chi connectivity index (χ1v) is 11.8. The Hall–Kier alpha value is -2.45. The highest BCUT2D eigenvalue weighted by Gasteiger charge is 2.48. The maximum absolute atomic E-state index is 11.3. The monoisotopic (exact) mass is 523 g/mol. The van der Waals surface area contributed by atoms with E-state index >= 15 is 0 Å². The fourth-order valence-corrected chi connectivity index (χ4v) is 5.03. The standard InChI is InChI=1S/C20H19Cl2N7O4S/c1-9-7-34-20(24-9)12-5-29(27-25-12)15-16(31)14(6-30)33-18(17(15)32)19-26-23-8-28(19)13-4-10(21)2-3-11(13)22/h2-5,7-8,14-18,30-32H,6H2,1H3/t14-,15+,16+,17-,18-/m1/s1. The van der Waals surface area contributed by atoms with E-state index < -0.39 is 37.1 Å². The number of aryl methyl sites for hydroxylation is 1. The highest BCUT2D eigenvalue weighted by Crippen LogP contribution is 2.39. The van der Waals surface area contributed by atoms with E-state index in [-0.39, 0.29) is 5.82 Å². The highest BCUT2D eigenvalue weighted by molar-refractivity contribution is 7.13. The summed E-state index contributed by atoms with van der Waals surface area (Å²) in [6, 6.07) is 3.89. The van der Waals surface area contributed by atoms with Gasteiger partial charge in [-0.3, -0.25) is 4.57 Å². The zero-order chi connectivity index (χ0) is 24.0. The van der Waals surface area contributed by atoms with Gasteiger partial charge in [0.2, 0.25) is 0 Å². The molecule has 0 spiro atoms. The number of halogens is 2. The van der Waals surface area contributed by atoms with Crippen LogP contribution in [-0.2, 0) is 4.74 Å². The number of hydrogen-bond donors (Lipinski definition) is 3. The van der Waals surface area contributed by atoms with Crippen molar-refractivity contribution in [2.75, 3.05) is 6.61 Å². The summed E-state index contributed by atoms with van der Waals surface area (Å²) in [4.78, 5) is 4.39. The second kappa shape index (κ2) is 9.30. The Morgan fingerprint density at radius 3 is 2.74 bits per heavy atom. The minimum Gasteiger partial charge on any atom is -0.394 e. The third-order valence-corrected chi connectivity index (χ3v) is 7.08. The van der Waals surface area contributed by atoms with Crippen LogP contribution < -0.4 is 0 Å². The molecule has 4 heterocycles. The van der Waals surface area contributed by atoms with Crippen LogP contribution in [0.3, 0.4) is 0 Å². The fourth-order valence-electron chi connectivity index (χ4n) is 3.91. The molecule has 0 unspecified atom stereocenters. The Bertz CT molecular complexity index is 1310. The third kappa shape index (κ3) is 4.11. The minimum atomic E-state index is -1.33. The Labute approximate surface area is 207 Å². The third-order valence-electron chi connectivity index (χ3n) is 5.54. The topological polar surface area (TPSA) is 144 Å². The van der Waals surface area contributed by atoms with E-state index in [1.54, 1.807) is 24.4 Å². The van der Waals surface area contributed by atoms with Crippen molar-refractivity contribution in [1.29, 1.82) is 0 Å². The summed E-state index contributed by atoms with van der Waals surface area (Å²) in [6.45, 7) is 1.37. The highest BCUT2D eigenvalue weighted by atomic mass is 35.5. The number of hydrogen-bond acceptors (Lipinski definition) is 10. The molecule has 0 radical (unpaired) electrons. The van der Waals surface area contributed by atoms with E-state index in [1.165, 1.54) is 26.9 Å². The van der Waals surface area contributed by atoms with Crippen LogP contribution in [0.4, 0.5) is 0 Å². The molecule has 0 amide bonds. The van der Waals surface area contributed by atoms with Gasteiger partial charge in [0.1, 0.15) is 47.5 Å². The van der Waals surface area contributed by atoms with E-state index in [9.17, 15) is 15.3 Å². The summed E-state index contributed by atoms with van der Waals surface area (Å²) in [7, 11) is 0. The number of aromatic nitrogens is 7. The SMILES string of the molecule is Cc1csc(-c2cn([C@H]3[C@@H](O)[C@@H](CO)O[C@@H](c4nncn4-c4cc(Cl)ccc4Cl)[C@@H]3O)nn2)n1. The van der Waals surface area contributed by atoms with Crippen LogP contribution in [0.2, 0.25) is 10.0 Å². The molecule has 0 bridgehead atoms. The summed E-state index contributed by atoms with van der Waals surface area (Å²) in [6.07, 6.45) is -1.73. The second-order valence-electron chi connectivity index (χ2n) is 7.78. The molecule has 34 heavy (non-hydrogen) atoms. The molecule has 1 fully saturated rings. The Balaban J connectivity index is 1.53. The molecule has 3 N–H and O–H groups in total. The Kier molecular flexibility index (Phi) is 6.37. The lowest BCUT2D eigenvalue weighted by atomic mass is 9.92. The molecule has 4 aromatic rings. The minimum absolute atomic E-state index is 0.211. The first-order chi connectivity index (χ1) is 16.4. The summed E-state index contributed by atoms with van der Waals surface area (Å²) >= 11 is 13.9. The number of nitrogens with zero attached hydrogens (tertiary/aromatic N) is 7. The Morgan fingerprint density at radius 1 is 1.18 bits per heavy atom. The molecular formula is C20H19Cl2N7O4S. The van der Waals surface area contributed by atoms with Crippen molar-refractivity contribution in [1.82, 2.24) is 34.7 Å². The maximum Gasteiger partial charge on any atom is 0.169 e. The summed E-state index contributed by atoms with van der Waals surface area (Å²) in [5.74, 6) is 0.211. The van der Waals surface area contributed by atoms with Gasteiger partial charge in [0.15, 0.2) is 5.82 Å². The molecule has 178 valence electrons. The average Bonchev–Trinajstić information content (AvgIpc) is 3.57. The van der Waals surface area contributed by atoms with Crippen LogP contribution in [0.15, 0.2) is 36.1 Å². The number of benzene rings is 1. The summed E-state index contributed by atoms with van der Waals surface area (Å²) < 4.78 is 8.75. The number of aliphatic hydroxyl groups excluding tert-OH is 3. The van der Waals surface area contributed by atoms with Crippen molar-refractivity contribution in [2.24, 2.45) is 0 Å². The van der Waals surface area contributed by atoms with Crippen molar-refractivity contribution in [3.8, 4) is 16.4 Å².